The molecule has 1 aromatic heterocycles. The van der Waals surface area contributed by atoms with Crippen LogP contribution in [-0.2, 0) is 19.1 Å². The van der Waals surface area contributed by atoms with Gasteiger partial charge in [0, 0.05) is 11.4 Å². The Bertz CT molecular complexity index is 967. The zero-order valence-electron chi connectivity index (χ0n) is 15.7. The first kappa shape index (κ1) is 19.2. The van der Waals surface area contributed by atoms with Crippen molar-refractivity contribution >= 4 is 29.6 Å². The molecule has 0 atom stereocenters. The van der Waals surface area contributed by atoms with E-state index in [1.54, 1.807) is 50.2 Å². The third-order valence-corrected chi connectivity index (χ3v) is 4.26. The number of ether oxygens (including phenoxy) is 2. The van der Waals surface area contributed by atoms with E-state index in [9.17, 15) is 14.4 Å². The van der Waals surface area contributed by atoms with Crippen LogP contribution in [0.1, 0.15) is 30.0 Å². The second-order valence-corrected chi connectivity index (χ2v) is 5.93. The highest BCUT2D eigenvalue weighted by atomic mass is 16.5. The number of nitrogens with zero attached hydrogens (tertiary/aromatic N) is 1. The van der Waals surface area contributed by atoms with E-state index in [0.29, 0.717) is 22.7 Å². The summed E-state index contributed by atoms with van der Waals surface area (Å²) in [6.45, 7) is 3.66. The first-order valence-electron chi connectivity index (χ1n) is 8.64. The Balaban J connectivity index is 2.02. The monoisotopic (exact) mass is 381 g/mol. The van der Waals surface area contributed by atoms with Gasteiger partial charge in [0.2, 0.25) is 0 Å². The van der Waals surface area contributed by atoms with Crippen LogP contribution in [0, 0.1) is 0 Å². The molecule has 7 nitrogen and oxygen atoms in total. The summed E-state index contributed by atoms with van der Waals surface area (Å²) < 4.78 is 15.1. The number of furan rings is 1. The Morgan fingerprint density at radius 1 is 1.14 bits per heavy atom. The summed E-state index contributed by atoms with van der Waals surface area (Å²) in [6.07, 6.45) is 2.98. The lowest BCUT2D eigenvalue weighted by Crippen LogP contribution is -2.24. The number of methoxy groups -OCH3 is 1. The Hall–Kier alpha value is -3.61. The standard InChI is InChI=1S/C21H19NO6/c1-4-27-20(24)14-7-9-15(10-8-14)22-13(2)18(21(25)26-3)17(19(22)23)12-16-6-5-11-28-16/h5-12H,4H2,1-3H3/b17-12-. The van der Waals surface area contributed by atoms with Crippen LogP contribution < -0.4 is 4.90 Å². The van der Waals surface area contributed by atoms with E-state index < -0.39 is 17.8 Å². The predicted octanol–water partition coefficient (Wildman–Crippen LogP) is 3.33. The smallest absolute Gasteiger partial charge is 0.340 e. The summed E-state index contributed by atoms with van der Waals surface area (Å²) in [5.41, 5.74) is 1.66. The number of esters is 2. The van der Waals surface area contributed by atoms with E-state index in [1.807, 2.05) is 0 Å². The first-order valence-corrected chi connectivity index (χ1v) is 8.64. The topological polar surface area (TPSA) is 86.0 Å². The summed E-state index contributed by atoms with van der Waals surface area (Å²) in [6, 6.07) is 9.75. The highest BCUT2D eigenvalue weighted by Crippen LogP contribution is 2.35. The SMILES string of the molecule is CCOC(=O)c1ccc(N2C(=O)/C(=C\c3ccco3)C(C(=O)OC)=C2C)cc1. The van der Waals surface area contributed by atoms with Crippen LogP contribution in [0.15, 0.2) is 63.9 Å². The van der Waals surface area contributed by atoms with Gasteiger partial charge in [0.25, 0.3) is 5.91 Å². The van der Waals surface area contributed by atoms with Crippen molar-refractivity contribution in [3.05, 3.63) is 70.8 Å². The molecule has 2 aromatic rings. The molecular formula is C21H19NO6. The quantitative estimate of drug-likeness (QED) is 0.583. The van der Waals surface area contributed by atoms with E-state index in [4.69, 9.17) is 13.9 Å². The number of amides is 1. The van der Waals surface area contributed by atoms with E-state index in [2.05, 4.69) is 0 Å². The number of rotatable bonds is 5. The lowest BCUT2D eigenvalue weighted by molar-refractivity contribution is -0.136. The predicted molar refractivity (Wildman–Crippen MR) is 101 cm³/mol. The molecule has 1 amide bonds. The van der Waals surface area contributed by atoms with Gasteiger partial charge in [0.15, 0.2) is 0 Å². The van der Waals surface area contributed by atoms with E-state index in [-0.39, 0.29) is 17.8 Å². The van der Waals surface area contributed by atoms with Gasteiger partial charge in [-0.2, -0.15) is 0 Å². The number of carbonyl (C=O) groups excluding carboxylic acids is 3. The second-order valence-electron chi connectivity index (χ2n) is 5.93. The van der Waals surface area contributed by atoms with Crippen molar-refractivity contribution < 1.29 is 28.3 Å². The molecule has 28 heavy (non-hydrogen) atoms. The van der Waals surface area contributed by atoms with Crippen molar-refractivity contribution in [3.63, 3.8) is 0 Å². The molecule has 0 radical (unpaired) electrons. The molecule has 0 unspecified atom stereocenters. The number of anilines is 1. The van der Waals surface area contributed by atoms with Gasteiger partial charge in [-0.05, 0) is 56.3 Å². The number of benzene rings is 1. The van der Waals surface area contributed by atoms with Crippen LogP contribution in [0.25, 0.3) is 6.08 Å². The van der Waals surface area contributed by atoms with Crippen molar-refractivity contribution in [1.29, 1.82) is 0 Å². The Morgan fingerprint density at radius 2 is 1.86 bits per heavy atom. The molecule has 1 aliphatic rings. The minimum absolute atomic E-state index is 0.165. The van der Waals surface area contributed by atoms with Crippen molar-refractivity contribution in [2.24, 2.45) is 0 Å². The van der Waals surface area contributed by atoms with Crippen LogP contribution in [-0.4, -0.2) is 31.6 Å². The fourth-order valence-electron chi connectivity index (χ4n) is 2.97. The molecule has 1 aliphatic heterocycles. The maximum atomic E-state index is 13.1. The van der Waals surface area contributed by atoms with E-state index >= 15 is 0 Å². The molecule has 0 saturated heterocycles. The van der Waals surface area contributed by atoms with Gasteiger partial charge in [-0.25, -0.2) is 9.59 Å². The minimum atomic E-state index is -0.616. The zero-order valence-corrected chi connectivity index (χ0v) is 15.7. The lowest BCUT2D eigenvalue weighted by atomic mass is 10.1. The number of allylic oxidation sites excluding steroid dienone is 1. The average molecular weight is 381 g/mol. The van der Waals surface area contributed by atoms with Crippen molar-refractivity contribution in [1.82, 2.24) is 0 Å². The van der Waals surface area contributed by atoms with Crippen molar-refractivity contribution in [2.45, 2.75) is 13.8 Å². The molecule has 0 bridgehead atoms. The summed E-state index contributed by atoms with van der Waals surface area (Å²) in [5, 5.41) is 0. The number of hydrogen-bond donors (Lipinski definition) is 0. The highest BCUT2D eigenvalue weighted by molar-refractivity contribution is 6.23. The number of carbonyl (C=O) groups is 3. The Morgan fingerprint density at radius 3 is 2.43 bits per heavy atom. The van der Waals surface area contributed by atoms with Crippen LogP contribution in [0.5, 0.6) is 0 Å². The van der Waals surface area contributed by atoms with Crippen LogP contribution in [0.2, 0.25) is 0 Å². The second kappa shape index (κ2) is 7.96. The van der Waals surface area contributed by atoms with Gasteiger partial charge < -0.3 is 13.9 Å². The molecule has 1 aromatic carbocycles. The van der Waals surface area contributed by atoms with Crippen LogP contribution >= 0.6 is 0 Å². The van der Waals surface area contributed by atoms with E-state index in [0.717, 1.165) is 0 Å². The summed E-state index contributed by atoms with van der Waals surface area (Å²) in [5.74, 6) is -1.01. The first-order chi connectivity index (χ1) is 13.5. The molecule has 0 spiro atoms. The largest absolute Gasteiger partial charge is 0.465 e. The zero-order chi connectivity index (χ0) is 20.3. The molecule has 0 fully saturated rings. The average Bonchev–Trinajstić information content (AvgIpc) is 3.29. The van der Waals surface area contributed by atoms with Crippen molar-refractivity contribution in [2.75, 3.05) is 18.6 Å². The summed E-state index contributed by atoms with van der Waals surface area (Å²) >= 11 is 0. The molecule has 7 heteroatoms. The third kappa shape index (κ3) is 3.46. The maximum Gasteiger partial charge on any atom is 0.340 e. The molecular weight excluding hydrogens is 362 g/mol. The van der Waals surface area contributed by atoms with E-state index in [1.165, 1.54) is 24.3 Å². The maximum absolute atomic E-state index is 13.1. The van der Waals surface area contributed by atoms with Gasteiger partial charge in [-0.15, -0.1) is 0 Å². The minimum Gasteiger partial charge on any atom is -0.465 e. The van der Waals surface area contributed by atoms with Gasteiger partial charge >= 0.3 is 11.9 Å². The fourth-order valence-corrected chi connectivity index (χ4v) is 2.97. The van der Waals surface area contributed by atoms with Gasteiger partial charge in [0.05, 0.1) is 36.7 Å². The normalized spacial score (nSPS) is 15.3. The van der Waals surface area contributed by atoms with Crippen molar-refractivity contribution in [3.8, 4) is 0 Å². The lowest BCUT2D eigenvalue weighted by Gasteiger charge is -2.18. The van der Waals surface area contributed by atoms with Gasteiger partial charge in [-0.3, -0.25) is 9.69 Å². The highest BCUT2D eigenvalue weighted by Gasteiger charge is 2.38. The molecule has 0 aliphatic carbocycles. The number of hydrogen-bond acceptors (Lipinski definition) is 6. The van der Waals surface area contributed by atoms with Crippen LogP contribution in [0.3, 0.4) is 0 Å². The molecule has 2 heterocycles. The molecule has 3 rings (SSSR count). The summed E-state index contributed by atoms with van der Waals surface area (Å²) in [4.78, 5) is 38.6. The molecule has 0 saturated carbocycles. The Kier molecular flexibility index (Phi) is 5.44. The van der Waals surface area contributed by atoms with Crippen LogP contribution in [0.4, 0.5) is 5.69 Å². The summed E-state index contributed by atoms with van der Waals surface area (Å²) in [7, 11) is 1.26. The molecule has 0 N–H and O–H groups in total. The third-order valence-electron chi connectivity index (χ3n) is 4.26. The van der Waals surface area contributed by atoms with Gasteiger partial charge in [-0.1, -0.05) is 0 Å². The Labute approximate surface area is 161 Å². The molecule has 144 valence electrons. The fraction of sp³-hybridized carbons (Fsp3) is 0.190. The van der Waals surface area contributed by atoms with Gasteiger partial charge in [0.1, 0.15) is 5.76 Å².